The van der Waals surface area contributed by atoms with Crippen LogP contribution < -0.4 is 20.1 Å². The minimum Gasteiger partial charge on any atom is -0.493 e. The van der Waals surface area contributed by atoms with Crippen molar-refractivity contribution >= 4 is 23.4 Å². The van der Waals surface area contributed by atoms with E-state index >= 15 is 0 Å². The van der Waals surface area contributed by atoms with Gasteiger partial charge in [-0.05, 0) is 73.9 Å². The fraction of sp³-hybridized carbons (Fsp3) is 0.387. The summed E-state index contributed by atoms with van der Waals surface area (Å²) in [4.78, 5) is 29.2. The largest absolute Gasteiger partial charge is 0.493 e. The smallest absolute Gasteiger partial charge is 0.424 e. The Bertz CT molecular complexity index is 1590. The van der Waals surface area contributed by atoms with Crippen LogP contribution in [0.2, 0.25) is 5.02 Å². The second-order valence-corrected chi connectivity index (χ2v) is 11.3. The van der Waals surface area contributed by atoms with E-state index in [1.165, 1.54) is 58.4 Å². The van der Waals surface area contributed by atoms with Crippen molar-refractivity contribution in [1.82, 2.24) is 15.6 Å². The van der Waals surface area contributed by atoms with E-state index in [-0.39, 0.29) is 45.9 Å². The summed E-state index contributed by atoms with van der Waals surface area (Å²) in [6.07, 6.45) is -3.56. The van der Waals surface area contributed by atoms with E-state index in [1.54, 1.807) is 0 Å². The summed E-state index contributed by atoms with van der Waals surface area (Å²) in [7, 11) is 2.70. The Balaban J connectivity index is 1.77. The standard InChI is InChI=1S/C31H32ClF4N3O6/c1-17(40)39-29(2,16-43-3)20-13-24(18-5-9-23(33)22(32)11-18)38-27(14-20)30(42,31(34,35)36)15-37-28(41)19-6-10-25(26(12-19)44-4)45-21-7-8-21/h5-6,9-14,21,42H,7-8,15-16H2,1-4H3,(H,37,41)(H,39,40). The number of aliphatic hydroxyl groups is 1. The Morgan fingerprint density at radius 3 is 2.36 bits per heavy atom. The van der Waals surface area contributed by atoms with Crippen molar-refractivity contribution < 1.29 is 46.5 Å². The van der Waals surface area contributed by atoms with E-state index in [0.29, 0.717) is 5.75 Å². The first-order valence-electron chi connectivity index (χ1n) is 13.8. The number of nitrogens with one attached hydrogen (secondary N) is 2. The zero-order chi connectivity index (χ0) is 33.2. The van der Waals surface area contributed by atoms with E-state index in [9.17, 15) is 32.3 Å². The Morgan fingerprint density at radius 1 is 1.07 bits per heavy atom. The van der Waals surface area contributed by atoms with Crippen LogP contribution in [0.1, 0.15) is 48.3 Å². The zero-order valence-electron chi connectivity index (χ0n) is 24.9. The van der Waals surface area contributed by atoms with E-state index in [2.05, 4.69) is 15.6 Å². The molecular formula is C31H32ClF4N3O6. The van der Waals surface area contributed by atoms with Gasteiger partial charge in [-0.1, -0.05) is 11.6 Å². The molecule has 14 heteroatoms. The van der Waals surface area contributed by atoms with Gasteiger partial charge in [-0.3, -0.25) is 9.59 Å². The van der Waals surface area contributed by atoms with Crippen molar-refractivity contribution in [2.45, 2.75) is 50.1 Å². The van der Waals surface area contributed by atoms with Crippen molar-refractivity contribution in [2.24, 2.45) is 0 Å². The summed E-state index contributed by atoms with van der Waals surface area (Å²) in [5, 5.41) is 15.8. The summed E-state index contributed by atoms with van der Waals surface area (Å²) in [6, 6.07) is 9.93. The Hall–Kier alpha value is -3.94. The summed E-state index contributed by atoms with van der Waals surface area (Å²) >= 11 is 5.94. The molecule has 1 fully saturated rings. The highest BCUT2D eigenvalue weighted by Gasteiger charge is 2.57. The molecule has 0 radical (unpaired) electrons. The lowest BCUT2D eigenvalue weighted by Crippen LogP contribution is -2.52. The Kier molecular flexibility index (Phi) is 9.95. The minimum absolute atomic E-state index is 0.0378. The molecule has 2 amide bonds. The van der Waals surface area contributed by atoms with Crippen molar-refractivity contribution in [3.05, 3.63) is 76.2 Å². The number of ether oxygens (including phenoxy) is 3. The van der Waals surface area contributed by atoms with Gasteiger partial charge in [0.1, 0.15) is 5.82 Å². The van der Waals surface area contributed by atoms with Gasteiger partial charge >= 0.3 is 6.18 Å². The molecule has 0 spiro atoms. The molecule has 242 valence electrons. The van der Waals surface area contributed by atoms with E-state index in [0.717, 1.165) is 31.0 Å². The van der Waals surface area contributed by atoms with Crippen LogP contribution in [0.15, 0.2) is 48.5 Å². The van der Waals surface area contributed by atoms with Crippen molar-refractivity contribution in [3.63, 3.8) is 0 Å². The van der Waals surface area contributed by atoms with Crippen LogP contribution in [-0.2, 0) is 20.7 Å². The molecular weight excluding hydrogens is 622 g/mol. The van der Waals surface area contributed by atoms with Gasteiger partial charge in [0, 0.05) is 25.2 Å². The number of alkyl halides is 3. The minimum atomic E-state index is -5.35. The van der Waals surface area contributed by atoms with Crippen LogP contribution >= 0.6 is 11.6 Å². The van der Waals surface area contributed by atoms with Gasteiger partial charge in [-0.2, -0.15) is 13.2 Å². The number of nitrogens with zero attached hydrogens (tertiary/aromatic N) is 1. The number of methoxy groups -OCH3 is 2. The molecule has 0 bridgehead atoms. The van der Waals surface area contributed by atoms with Gasteiger partial charge < -0.3 is 30.0 Å². The van der Waals surface area contributed by atoms with Crippen LogP contribution in [0.4, 0.5) is 17.6 Å². The van der Waals surface area contributed by atoms with Gasteiger partial charge in [-0.25, -0.2) is 9.37 Å². The Morgan fingerprint density at radius 2 is 1.78 bits per heavy atom. The number of aromatic nitrogens is 1. The number of carbonyl (C=O) groups excluding carboxylic acids is 2. The maximum Gasteiger partial charge on any atom is 0.424 e. The van der Waals surface area contributed by atoms with Gasteiger partial charge in [-0.15, -0.1) is 0 Å². The lowest BCUT2D eigenvalue weighted by molar-refractivity contribution is -0.265. The molecule has 4 rings (SSSR count). The number of halogens is 5. The van der Waals surface area contributed by atoms with Crippen LogP contribution in [0.25, 0.3) is 11.3 Å². The van der Waals surface area contributed by atoms with Crippen LogP contribution in [0.3, 0.4) is 0 Å². The molecule has 2 atom stereocenters. The number of amides is 2. The highest BCUT2D eigenvalue weighted by molar-refractivity contribution is 6.31. The molecule has 1 aliphatic carbocycles. The molecule has 1 aliphatic rings. The van der Waals surface area contributed by atoms with Crippen molar-refractivity contribution in [3.8, 4) is 22.8 Å². The molecule has 0 saturated heterocycles. The zero-order valence-corrected chi connectivity index (χ0v) is 25.6. The number of carbonyl (C=O) groups is 2. The first-order chi connectivity index (χ1) is 21.1. The van der Waals surface area contributed by atoms with Gasteiger partial charge in [0.05, 0.1) is 48.3 Å². The van der Waals surface area contributed by atoms with Gasteiger partial charge in [0.2, 0.25) is 11.5 Å². The first-order valence-corrected chi connectivity index (χ1v) is 14.2. The quantitative estimate of drug-likeness (QED) is 0.228. The predicted octanol–water partition coefficient (Wildman–Crippen LogP) is 5.27. The maximum absolute atomic E-state index is 14.7. The highest BCUT2D eigenvalue weighted by atomic mass is 35.5. The molecule has 3 aromatic rings. The summed E-state index contributed by atoms with van der Waals surface area (Å²) < 4.78 is 74.4. The highest BCUT2D eigenvalue weighted by Crippen LogP contribution is 2.41. The van der Waals surface area contributed by atoms with E-state index < -0.39 is 47.2 Å². The number of hydrogen-bond acceptors (Lipinski definition) is 7. The molecule has 9 nitrogen and oxygen atoms in total. The van der Waals surface area contributed by atoms with Crippen molar-refractivity contribution in [1.29, 1.82) is 0 Å². The second-order valence-electron chi connectivity index (χ2n) is 10.9. The lowest BCUT2D eigenvalue weighted by atomic mass is 9.87. The molecule has 0 aliphatic heterocycles. The number of benzene rings is 2. The van der Waals surface area contributed by atoms with Crippen LogP contribution in [0, 0.1) is 5.82 Å². The fourth-order valence-electron chi connectivity index (χ4n) is 4.65. The molecule has 2 aromatic carbocycles. The van der Waals surface area contributed by atoms with E-state index in [1.807, 2.05) is 0 Å². The first kappa shape index (κ1) is 33.9. The molecule has 2 unspecified atom stereocenters. The van der Waals surface area contributed by atoms with Crippen molar-refractivity contribution in [2.75, 3.05) is 27.4 Å². The summed E-state index contributed by atoms with van der Waals surface area (Å²) in [5.41, 5.74) is -5.98. The SMILES string of the molecule is COCC(C)(NC(C)=O)c1cc(-c2ccc(F)c(Cl)c2)nc(C(O)(CNC(=O)c2ccc(OC3CC3)c(OC)c2)C(F)(F)F)c1. The normalized spacial score (nSPS) is 15.9. The van der Waals surface area contributed by atoms with Gasteiger partial charge in [0.15, 0.2) is 11.5 Å². The third-order valence-corrected chi connectivity index (χ3v) is 7.49. The fourth-order valence-corrected chi connectivity index (χ4v) is 4.83. The third-order valence-electron chi connectivity index (χ3n) is 7.20. The molecule has 45 heavy (non-hydrogen) atoms. The topological polar surface area (TPSA) is 119 Å². The number of hydrogen-bond donors (Lipinski definition) is 3. The molecule has 3 N–H and O–H groups in total. The van der Waals surface area contributed by atoms with Crippen LogP contribution in [0.5, 0.6) is 11.5 Å². The molecule has 1 saturated carbocycles. The summed E-state index contributed by atoms with van der Waals surface area (Å²) in [5.74, 6) is -1.61. The predicted molar refractivity (Wildman–Crippen MR) is 157 cm³/mol. The molecule has 1 aromatic heterocycles. The Labute approximate surface area is 261 Å². The number of rotatable bonds is 12. The average Bonchev–Trinajstić information content (AvgIpc) is 3.80. The third kappa shape index (κ3) is 7.66. The lowest BCUT2D eigenvalue weighted by Gasteiger charge is -2.34. The van der Waals surface area contributed by atoms with Crippen LogP contribution in [-0.4, -0.2) is 61.6 Å². The maximum atomic E-state index is 14.7. The van der Waals surface area contributed by atoms with Gasteiger partial charge in [0.25, 0.3) is 5.91 Å². The molecule has 1 heterocycles. The average molecular weight is 654 g/mol. The monoisotopic (exact) mass is 653 g/mol. The summed E-state index contributed by atoms with van der Waals surface area (Å²) in [6.45, 7) is 1.22. The second kappa shape index (κ2) is 13.2. The number of pyridine rings is 1. The van der Waals surface area contributed by atoms with E-state index in [4.69, 9.17) is 25.8 Å².